The first-order valence-electron chi connectivity index (χ1n) is 5.69. The van der Waals surface area contributed by atoms with Gasteiger partial charge in [0.15, 0.2) is 0 Å². The molecule has 0 aromatic rings. The number of nitrogens with one attached hydrogen (secondary N) is 1. The van der Waals surface area contributed by atoms with E-state index in [9.17, 15) is 4.79 Å². The Morgan fingerprint density at radius 1 is 1.60 bits per heavy atom. The quantitative estimate of drug-likeness (QED) is 0.687. The monoisotopic (exact) mass is 214 g/mol. The number of nitrogens with two attached hydrogens (primary N) is 1. The van der Waals surface area contributed by atoms with Gasteiger partial charge in [0.05, 0.1) is 12.0 Å². The lowest BCUT2D eigenvalue weighted by Crippen LogP contribution is -2.45. The van der Waals surface area contributed by atoms with Gasteiger partial charge in [0.25, 0.3) is 0 Å². The first-order valence-corrected chi connectivity index (χ1v) is 5.69. The van der Waals surface area contributed by atoms with E-state index in [0.29, 0.717) is 13.0 Å². The van der Waals surface area contributed by atoms with E-state index >= 15 is 0 Å². The molecule has 0 saturated heterocycles. The fraction of sp³-hybridized carbons (Fsp3) is 0.909. The number of hydrogen-bond acceptors (Lipinski definition) is 3. The summed E-state index contributed by atoms with van der Waals surface area (Å²) in [6.07, 6.45) is 4.51. The zero-order valence-corrected chi connectivity index (χ0v) is 9.71. The van der Waals surface area contributed by atoms with Crippen LogP contribution < -0.4 is 11.1 Å². The summed E-state index contributed by atoms with van der Waals surface area (Å²) in [6.45, 7) is 2.58. The third-order valence-corrected chi connectivity index (χ3v) is 3.27. The number of carbonyl (C=O) groups excluding carboxylic acids is 1. The number of hydrogen-bond donors (Lipinski definition) is 2. The van der Waals surface area contributed by atoms with E-state index in [1.165, 1.54) is 0 Å². The second-order valence-electron chi connectivity index (χ2n) is 4.39. The molecule has 1 unspecified atom stereocenters. The zero-order valence-electron chi connectivity index (χ0n) is 9.71. The van der Waals surface area contributed by atoms with Crippen molar-refractivity contribution in [3.05, 3.63) is 0 Å². The summed E-state index contributed by atoms with van der Waals surface area (Å²) < 4.78 is 5.39. The van der Waals surface area contributed by atoms with Crippen LogP contribution in [-0.2, 0) is 9.53 Å². The summed E-state index contributed by atoms with van der Waals surface area (Å²) in [5.41, 5.74) is 5.54. The molecule has 15 heavy (non-hydrogen) atoms. The van der Waals surface area contributed by atoms with E-state index in [-0.39, 0.29) is 17.6 Å². The van der Waals surface area contributed by atoms with E-state index in [2.05, 4.69) is 5.32 Å². The van der Waals surface area contributed by atoms with Crippen LogP contribution in [0.3, 0.4) is 0 Å². The molecule has 0 aromatic carbocycles. The van der Waals surface area contributed by atoms with Gasteiger partial charge in [-0.3, -0.25) is 4.79 Å². The molecule has 3 N–H and O–H groups in total. The maximum Gasteiger partial charge on any atom is 0.222 e. The van der Waals surface area contributed by atoms with Crippen molar-refractivity contribution >= 4 is 5.91 Å². The number of rotatable bonds is 6. The summed E-state index contributed by atoms with van der Waals surface area (Å²) >= 11 is 0. The maximum atomic E-state index is 11.6. The molecular formula is C11H22N2O2. The number of ether oxygens (including phenoxy) is 1. The summed E-state index contributed by atoms with van der Waals surface area (Å²) in [4.78, 5) is 11.6. The highest BCUT2D eigenvalue weighted by Gasteiger charge is 2.38. The largest absolute Gasteiger partial charge is 0.378 e. The predicted molar refractivity (Wildman–Crippen MR) is 59.5 cm³/mol. The molecule has 0 spiro atoms. The molecule has 1 aliphatic rings. The topological polar surface area (TPSA) is 64.3 Å². The average Bonchev–Trinajstić information content (AvgIpc) is 2.20. The number of methoxy groups -OCH3 is 1. The minimum Gasteiger partial charge on any atom is -0.378 e. The Balaban J connectivity index is 2.23. The Bertz CT molecular complexity index is 209. The number of amides is 1. The fourth-order valence-electron chi connectivity index (χ4n) is 1.77. The highest BCUT2D eigenvalue weighted by Crippen LogP contribution is 2.37. The van der Waals surface area contributed by atoms with E-state index < -0.39 is 0 Å². The average molecular weight is 214 g/mol. The lowest BCUT2D eigenvalue weighted by Gasteiger charge is -2.39. The van der Waals surface area contributed by atoms with Crippen LogP contribution in [0.1, 0.15) is 39.0 Å². The van der Waals surface area contributed by atoms with Gasteiger partial charge < -0.3 is 15.8 Å². The Morgan fingerprint density at radius 3 is 2.67 bits per heavy atom. The molecule has 4 heteroatoms. The highest BCUT2D eigenvalue weighted by molar-refractivity contribution is 5.77. The molecule has 0 aliphatic heterocycles. The van der Waals surface area contributed by atoms with E-state index in [0.717, 1.165) is 25.7 Å². The van der Waals surface area contributed by atoms with Crippen molar-refractivity contribution in [3.8, 4) is 0 Å². The molecule has 4 nitrogen and oxygen atoms in total. The second-order valence-corrected chi connectivity index (χ2v) is 4.39. The van der Waals surface area contributed by atoms with Crippen LogP contribution in [0.2, 0.25) is 0 Å². The molecule has 1 rings (SSSR count). The smallest absolute Gasteiger partial charge is 0.222 e. The van der Waals surface area contributed by atoms with Crippen LogP contribution in [0, 0.1) is 0 Å². The van der Waals surface area contributed by atoms with Crippen LogP contribution in [0.25, 0.3) is 0 Å². The van der Waals surface area contributed by atoms with Crippen LogP contribution >= 0.6 is 0 Å². The lowest BCUT2D eigenvalue weighted by atomic mass is 9.77. The molecule has 1 atom stereocenters. The molecule has 1 aliphatic carbocycles. The molecular weight excluding hydrogens is 192 g/mol. The first-order chi connectivity index (χ1) is 7.12. The van der Waals surface area contributed by atoms with E-state index in [1.54, 1.807) is 7.11 Å². The summed E-state index contributed by atoms with van der Waals surface area (Å²) in [7, 11) is 1.68. The number of carbonyl (C=O) groups is 1. The molecule has 0 radical (unpaired) electrons. The molecule has 1 fully saturated rings. The Morgan fingerprint density at radius 2 is 2.27 bits per heavy atom. The highest BCUT2D eigenvalue weighted by atomic mass is 16.5. The summed E-state index contributed by atoms with van der Waals surface area (Å²) in [5.74, 6) is 0.0560. The Hall–Kier alpha value is -0.610. The van der Waals surface area contributed by atoms with Gasteiger partial charge in [0.1, 0.15) is 0 Å². The van der Waals surface area contributed by atoms with Gasteiger partial charge in [-0.2, -0.15) is 0 Å². The summed E-state index contributed by atoms with van der Waals surface area (Å²) in [5, 5.41) is 2.85. The van der Waals surface area contributed by atoms with Crippen molar-refractivity contribution in [1.29, 1.82) is 0 Å². The van der Waals surface area contributed by atoms with Crippen LogP contribution in [0.15, 0.2) is 0 Å². The maximum absolute atomic E-state index is 11.6. The van der Waals surface area contributed by atoms with Crippen LogP contribution in [0.5, 0.6) is 0 Å². The van der Waals surface area contributed by atoms with Crippen molar-refractivity contribution in [1.82, 2.24) is 5.32 Å². The van der Waals surface area contributed by atoms with Gasteiger partial charge in [-0.1, -0.05) is 6.92 Å². The second kappa shape index (κ2) is 5.47. The predicted octanol–water partition coefficient (Wildman–Crippen LogP) is 0.799. The molecule has 88 valence electrons. The fourth-order valence-corrected chi connectivity index (χ4v) is 1.77. The Labute approximate surface area is 91.5 Å². The standard InChI is InChI=1S/C11H22N2O2/c1-3-9(12)8-13-10(14)7-11(15-2)5-4-6-11/h9H,3-8,12H2,1-2H3,(H,13,14). The van der Waals surface area contributed by atoms with Gasteiger partial charge in [-0.15, -0.1) is 0 Å². The molecule has 1 saturated carbocycles. The molecule has 1 amide bonds. The van der Waals surface area contributed by atoms with Gasteiger partial charge in [0, 0.05) is 19.7 Å². The molecule has 0 bridgehead atoms. The molecule has 0 aromatic heterocycles. The van der Waals surface area contributed by atoms with Gasteiger partial charge in [0.2, 0.25) is 5.91 Å². The van der Waals surface area contributed by atoms with Crippen LogP contribution in [0.4, 0.5) is 0 Å². The minimum atomic E-state index is -0.180. The SMILES string of the molecule is CCC(N)CNC(=O)CC1(OC)CCC1. The van der Waals surface area contributed by atoms with Crippen molar-refractivity contribution in [2.45, 2.75) is 50.7 Å². The zero-order chi connectivity index (χ0) is 11.3. The van der Waals surface area contributed by atoms with Crippen LogP contribution in [-0.4, -0.2) is 31.2 Å². The van der Waals surface area contributed by atoms with E-state index in [4.69, 9.17) is 10.5 Å². The van der Waals surface area contributed by atoms with Gasteiger partial charge in [-0.05, 0) is 25.7 Å². The lowest BCUT2D eigenvalue weighted by molar-refractivity contribution is -0.134. The first kappa shape index (κ1) is 12.5. The van der Waals surface area contributed by atoms with Crippen molar-refractivity contribution < 1.29 is 9.53 Å². The van der Waals surface area contributed by atoms with Crippen molar-refractivity contribution in [2.24, 2.45) is 5.73 Å². The van der Waals surface area contributed by atoms with Gasteiger partial charge in [-0.25, -0.2) is 0 Å². The third kappa shape index (κ3) is 3.47. The normalized spacial score (nSPS) is 20.5. The van der Waals surface area contributed by atoms with E-state index in [1.807, 2.05) is 6.92 Å². The molecule has 0 heterocycles. The van der Waals surface area contributed by atoms with Crippen molar-refractivity contribution in [3.63, 3.8) is 0 Å². The summed E-state index contributed by atoms with van der Waals surface area (Å²) in [6, 6.07) is 0.0637. The minimum absolute atomic E-state index is 0.0560. The third-order valence-electron chi connectivity index (χ3n) is 3.27. The van der Waals surface area contributed by atoms with Crippen molar-refractivity contribution in [2.75, 3.05) is 13.7 Å². The Kier molecular flexibility index (Phi) is 4.54. The van der Waals surface area contributed by atoms with Gasteiger partial charge >= 0.3 is 0 Å².